The molecule has 1 fully saturated rings. The predicted molar refractivity (Wildman–Crippen MR) is 79.9 cm³/mol. The molecule has 3 amide bonds. The van der Waals surface area contributed by atoms with Crippen molar-refractivity contribution in [3.05, 3.63) is 0 Å². The molecule has 0 bridgehead atoms. The van der Waals surface area contributed by atoms with Crippen LogP contribution in [-0.4, -0.2) is 40.6 Å². The summed E-state index contributed by atoms with van der Waals surface area (Å²) >= 11 is 0. The first-order valence-corrected chi connectivity index (χ1v) is 7.71. The molecule has 23 heavy (non-hydrogen) atoms. The highest BCUT2D eigenvalue weighted by Gasteiger charge is 2.35. The molecule has 130 valence electrons. The Balaban J connectivity index is 2.68. The highest BCUT2D eigenvalue weighted by Crippen LogP contribution is 2.14. The number of nitrogens with one attached hydrogen (secondary N) is 1. The number of carbonyl (C=O) groups is 4. The maximum atomic E-state index is 12.2. The van der Waals surface area contributed by atoms with Gasteiger partial charge in [-0.2, -0.15) is 0 Å². The van der Waals surface area contributed by atoms with E-state index in [2.05, 4.69) is 5.32 Å². The maximum absolute atomic E-state index is 12.2. The normalized spacial score (nSPS) is 16.3. The molecule has 0 spiro atoms. The fourth-order valence-electron chi connectivity index (χ4n) is 1.92. The number of hydrogen-bond acceptors (Lipinski definition) is 6. The number of carbonyl (C=O) groups excluding carboxylic acids is 4. The molecule has 0 radical (unpaired) electrons. The molecule has 0 aliphatic carbocycles. The van der Waals surface area contributed by atoms with Crippen molar-refractivity contribution in [1.29, 1.82) is 0 Å². The number of amides is 3. The monoisotopic (exact) mass is 328 g/mol. The van der Waals surface area contributed by atoms with E-state index < -0.39 is 35.5 Å². The van der Waals surface area contributed by atoms with Gasteiger partial charge < -0.3 is 14.9 Å². The van der Waals surface area contributed by atoms with Gasteiger partial charge in [0.25, 0.3) is 11.8 Å². The van der Waals surface area contributed by atoms with E-state index in [0.717, 1.165) is 6.42 Å². The summed E-state index contributed by atoms with van der Waals surface area (Å²) in [4.78, 5) is 51.8. The van der Waals surface area contributed by atoms with Crippen molar-refractivity contribution in [2.45, 2.75) is 71.4 Å². The third kappa shape index (κ3) is 6.25. The Morgan fingerprint density at radius 2 is 1.78 bits per heavy atom. The quantitative estimate of drug-likeness (QED) is 0.744. The average molecular weight is 328 g/mol. The van der Waals surface area contributed by atoms with Crippen LogP contribution in [0.5, 0.6) is 0 Å². The van der Waals surface area contributed by atoms with Crippen LogP contribution in [0.1, 0.15) is 59.8 Å². The van der Waals surface area contributed by atoms with E-state index in [9.17, 15) is 19.2 Å². The fraction of sp³-hybridized carbons (Fsp3) is 0.733. The Hall–Kier alpha value is -2.12. The van der Waals surface area contributed by atoms with Gasteiger partial charge in [0.2, 0.25) is 0 Å². The van der Waals surface area contributed by atoms with Gasteiger partial charge in [-0.1, -0.05) is 19.8 Å². The molecular weight excluding hydrogens is 304 g/mol. The van der Waals surface area contributed by atoms with Crippen LogP contribution in [-0.2, 0) is 24.0 Å². The van der Waals surface area contributed by atoms with E-state index in [1.807, 2.05) is 6.92 Å². The SMILES string of the molecule is CCCC[C@@H](NC(=O)OC(C)(C)C)C(=O)ON1C(=O)CCC1=O. The topological polar surface area (TPSA) is 102 Å². The van der Waals surface area contributed by atoms with E-state index in [1.54, 1.807) is 20.8 Å². The number of hydroxylamine groups is 2. The van der Waals surface area contributed by atoms with Gasteiger partial charge in [-0.25, -0.2) is 9.59 Å². The summed E-state index contributed by atoms with van der Waals surface area (Å²) in [6.45, 7) is 7.04. The lowest BCUT2D eigenvalue weighted by Crippen LogP contribution is -2.46. The van der Waals surface area contributed by atoms with Crippen molar-refractivity contribution in [2.75, 3.05) is 0 Å². The zero-order valence-corrected chi connectivity index (χ0v) is 14.0. The molecule has 0 unspecified atom stereocenters. The molecule has 1 rings (SSSR count). The molecule has 8 nitrogen and oxygen atoms in total. The molecule has 0 aromatic rings. The maximum Gasteiger partial charge on any atom is 0.408 e. The van der Waals surface area contributed by atoms with Crippen molar-refractivity contribution < 1.29 is 28.8 Å². The second-order valence-electron chi connectivity index (χ2n) is 6.33. The zero-order valence-electron chi connectivity index (χ0n) is 14.0. The number of imide groups is 1. The van der Waals surface area contributed by atoms with Gasteiger partial charge in [0.15, 0.2) is 0 Å². The van der Waals surface area contributed by atoms with Gasteiger partial charge >= 0.3 is 12.1 Å². The van der Waals surface area contributed by atoms with Crippen LogP contribution in [0.2, 0.25) is 0 Å². The van der Waals surface area contributed by atoms with E-state index in [4.69, 9.17) is 9.57 Å². The Morgan fingerprint density at radius 3 is 2.26 bits per heavy atom. The minimum Gasteiger partial charge on any atom is -0.444 e. The van der Waals surface area contributed by atoms with Gasteiger partial charge in [0, 0.05) is 12.8 Å². The molecule has 0 saturated carbocycles. The molecule has 1 saturated heterocycles. The lowest BCUT2D eigenvalue weighted by molar-refractivity contribution is -0.199. The Labute approximate surface area is 135 Å². The van der Waals surface area contributed by atoms with Crippen LogP contribution < -0.4 is 5.32 Å². The minimum atomic E-state index is -0.981. The molecular formula is C15H24N2O6. The first-order valence-electron chi connectivity index (χ1n) is 7.71. The summed E-state index contributed by atoms with van der Waals surface area (Å²) in [6, 6.07) is -0.981. The second kappa shape index (κ2) is 7.94. The minimum absolute atomic E-state index is 0.0191. The summed E-state index contributed by atoms with van der Waals surface area (Å²) in [5, 5.41) is 2.90. The van der Waals surface area contributed by atoms with E-state index in [0.29, 0.717) is 17.9 Å². The van der Waals surface area contributed by atoms with Gasteiger partial charge in [0.05, 0.1) is 0 Å². The summed E-state index contributed by atoms with van der Waals surface area (Å²) in [7, 11) is 0. The Bertz CT molecular complexity index is 467. The fourth-order valence-corrected chi connectivity index (χ4v) is 1.92. The summed E-state index contributed by atoms with van der Waals surface area (Å²) in [5.74, 6) is -1.97. The number of alkyl carbamates (subject to hydrolysis) is 1. The summed E-state index contributed by atoms with van der Waals surface area (Å²) in [6.07, 6.45) is 1.08. The third-order valence-electron chi connectivity index (χ3n) is 3.01. The first-order chi connectivity index (χ1) is 10.6. The zero-order chi connectivity index (χ0) is 17.6. The van der Waals surface area contributed by atoms with Gasteiger partial charge in [0.1, 0.15) is 11.6 Å². The molecule has 1 aliphatic heterocycles. The van der Waals surface area contributed by atoms with Gasteiger partial charge in [-0.15, -0.1) is 5.06 Å². The van der Waals surface area contributed by atoms with E-state index in [1.165, 1.54) is 0 Å². The van der Waals surface area contributed by atoms with Crippen LogP contribution in [0.3, 0.4) is 0 Å². The average Bonchev–Trinajstić information content (AvgIpc) is 2.73. The summed E-state index contributed by atoms with van der Waals surface area (Å²) in [5.41, 5.74) is -0.704. The molecule has 1 N–H and O–H groups in total. The highest BCUT2D eigenvalue weighted by atomic mass is 16.7. The molecule has 1 atom stereocenters. The van der Waals surface area contributed by atoms with Crippen molar-refractivity contribution in [3.63, 3.8) is 0 Å². The van der Waals surface area contributed by atoms with Crippen LogP contribution >= 0.6 is 0 Å². The molecule has 1 heterocycles. The van der Waals surface area contributed by atoms with Crippen molar-refractivity contribution in [2.24, 2.45) is 0 Å². The smallest absolute Gasteiger partial charge is 0.408 e. The number of ether oxygens (including phenoxy) is 1. The third-order valence-corrected chi connectivity index (χ3v) is 3.01. The second-order valence-corrected chi connectivity index (χ2v) is 6.33. The number of hydrogen-bond donors (Lipinski definition) is 1. The van der Waals surface area contributed by atoms with Crippen molar-refractivity contribution in [3.8, 4) is 0 Å². The summed E-state index contributed by atoms with van der Waals surface area (Å²) < 4.78 is 5.11. The Morgan fingerprint density at radius 1 is 1.22 bits per heavy atom. The highest BCUT2D eigenvalue weighted by molar-refractivity contribution is 6.01. The molecule has 0 aromatic carbocycles. The van der Waals surface area contributed by atoms with Crippen LogP contribution in [0.25, 0.3) is 0 Å². The van der Waals surface area contributed by atoms with E-state index in [-0.39, 0.29) is 12.8 Å². The molecule has 8 heteroatoms. The largest absolute Gasteiger partial charge is 0.444 e. The standard InChI is InChI=1S/C15H24N2O6/c1-5-6-7-10(16-14(21)22-15(2,3)4)13(20)23-17-11(18)8-9-12(17)19/h10H,5-9H2,1-4H3,(H,16,21)/t10-/m1/s1. The van der Waals surface area contributed by atoms with Crippen molar-refractivity contribution >= 4 is 23.9 Å². The van der Waals surface area contributed by atoms with Gasteiger partial charge in [-0.05, 0) is 27.2 Å². The number of rotatable bonds is 6. The van der Waals surface area contributed by atoms with Gasteiger partial charge in [-0.3, -0.25) is 9.59 Å². The van der Waals surface area contributed by atoms with Crippen LogP contribution in [0.4, 0.5) is 4.79 Å². The molecule has 1 aliphatic rings. The number of unbranched alkanes of at least 4 members (excludes halogenated alkanes) is 1. The lowest BCUT2D eigenvalue weighted by Gasteiger charge is -2.23. The number of nitrogens with zero attached hydrogens (tertiary/aromatic N) is 1. The van der Waals surface area contributed by atoms with Crippen LogP contribution in [0.15, 0.2) is 0 Å². The molecule has 0 aromatic heterocycles. The van der Waals surface area contributed by atoms with Crippen LogP contribution in [0, 0.1) is 0 Å². The first kappa shape index (κ1) is 18.9. The lowest BCUT2D eigenvalue weighted by atomic mass is 10.1. The predicted octanol–water partition coefficient (Wildman–Crippen LogP) is 1.68. The van der Waals surface area contributed by atoms with Crippen molar-refractivity contribution in [1.82, 2.24) is 10.4 Å². The van der Waals surface area contributed by atoms with E-state index >= 15 is 0 Å². The Kier molecular flexibility index (Phi) is 6.53.